The molecule has 0 aromatic heterocycles. The Morgan fingerprint density at radius 3 is 2.80 bits per heavy atom. The van der Waals surface area contributed by atoms with Gasteiger partial charge in [0.25, 0.3) is 0 Å². The van der Waals surface area contributed by atoms with Gasteiger partial charge in [-0.15, -0.1) is 0 Å². The van der Waals surface area contributed by atoms with Gasteiger partial charge in [-0.1, -0.05) is 17.7 Å². The molecule has 0 aliphatic rings. The molecular weight excluding hydrogens is 216 g/mol. The van der Waals surface area contributed by atoms with Crippen molar-refractivity contribution in [1.82, 2.24) is 0 Å². The van der Waals surface area contributed by atoms with Crippen molar-refractivity contribution in [3.63, 3.8) is 0 Å². The van der Waals surface area contributed by atoms with Crippen molar-refractivity contribution in [2.75, 3.05) is 6.61 Å². The van der Waals surface area contributed by atoms with Gasteiger partial charge in [-0.2, -0.15) is 0 Å². The van der Waals surface area contributed by atoms with Gasteiger partial charge in [0.05, 0.1) is 19.6 Å². The topological polar surface area (TPSA) is 46.5 Å². The Morgan fingerprint density at radius 2 is 2.20 bits per heavy atom. The van der Waals surface area contributed by atoms with Gasteiger partial charge in [0.1, 0.15) is 0 Å². The molecule has 1 aromatic carbocycles. The average Bonchev–Trinajstić information content (AvgIpc) is 2.21. The predicted molar refractivity (Wildman–Crippen MR) is 57.7 cm³/mol. The molecule has 0 atom stereocenters. The number of hydrogen-bond donors (Lipinski definition) is 1. The van der Waals surface area contributed by atoms with Gasteiger partial charge < -0.3 is 9.84 Å². The van der Waals surface area contributed by atoms with Gasteiger partial charge in [-0.05, 0) is 30.2 Å². The molecule has 0 unspecified atom stereocenters. The monoisotopic (exact) mass is 228 g/mol. The van der Waals surface area contributed by atoms with Crippen LogP contribution in [0.15, 0.2) is 18.2 Å². The maximum Gasteiger partial charge on any atom is 0.310 e. The number of ether oxygens (including phenoxy) is 1. The molecule has 0 amide bonds. The zero-order valence-corrected chi connectivity index (χ0v) is 9.25. The number of esters is 1. The van der Waals surface area contributed by atoms with Crippen molar-refractivity contribution in [3.8, 4) is 0 Å². The first-order chi connectivity index (χ1) is 7.17. The van der Waals surface area contributed by atoms with E-state index in [2.05, 4.69) is 0 Å². The fourth-order valence-electron chi connectivity index (χ4n) is 1.28. The van der Waals surface area contributed by atoms with Gasteiger partial charge in [-0.25, -0.2) is 0 Å². The average molecular weight is 229 g/mol. The summed E-state index contributed by atoms with van der Waals surface area (Å²) in [4.78, 5) is 11.2. The number of carbonyl (C=O) groups is 1. The van der Waals surface area contributed by atoms with Crippen LogP contribution in [0.2, 0.25) is 5.02 Å². The largest absolute Gasteiger partial charge is 0.466 e. The Bertz CT molecular complexity index is 350. The summed E-state index contributed by atoms with van der Waals surface area (Å²) in [7, 11) is 0. The number of carbonyl (C=O) groups excluding carboxylic acids is 1. The van der Waals surface area contributed by atoms with Gasteiger partial charge >= 0.3 is 5.97 Å². The highest BCUT2D eigenvalue weighted by Crippen LogP contribution is 2.17. The van der Waals surface area contributed by atoms with E-state index < -0.39 is 0 Å². The standard InChI is InChI=1S/C11H13ClO3/c1-2-15-11(14)6-8-3-4-10(12)5-9(8)7-13/h3-5,13H,2,6-7H2,1H3. The van der Waals surface area contributed by atoms with Crippen LogP contribution in [0, 0.1) is 0 Å². The number of rotatable bonds is 4. The minimum atomic E-state index is -0.297. The first kappa shape index (κ1) is 12.0. The Balaban J connectivity index is 2.80. The van der Waals surface area contributed by atoms with Crippen molar-refractivity contribution in [1.29, 1.82) is 0 Å². The van der Waals surface area contributed by atoms with Crippen LogP contribution in [0.5, 0.6) is 0 Å². The van der Waals surface area contributed by atoms with Crippen molar-refractivity contribution >= 4 is 17.6 Å². The second-order valence-corrected chi connectivity index (χ2v) is 3.49. The summed E-state index contributed by atoms with van der Waals surface area (Å²) in [5.74, 6) is -0.297. The summed E-state index contributed by atoms with van der Waals surface area (Å²) in [6.45, 7) is 1.99. The smallest absolute Gasteiger partial charge is 0.310 e. The third-order valence-electron chi connectivity index (χ3n) is 1.98. The highest BCUT2D eigenvalue weighted by molar-refractivity contribution is 6.30. The third-order valence-corrected chi connectivity index (χ3v) is 2.21. The zero-order valence-electron chi connectivity index (χ0n) is 8.50. The first-order valence-corrected chi connectivity index (χ1v) is 5.09. The van der Waals surface area contributed by atoms with Crippen molar-refractivity contribution in [3.05, 3.63) is 34.3 Å². The molecule has 4 heteroatoms. The summed E-state index contributed by atoms with van der Waals surface area (Å²) < 4.78 is 4.82. The van der Waals surface area contributed by atoms with Crippen LogP contribution in [-0.4, -0.2) is 17.7 Å². The van der Waals surface area contributed by atoms with Crippen molar-refractivity contribution < 1.29 is 14.6 Å². The van der Waals surface area contributed by atoms with E-state index in [1.54, 1.807) is 25.1 Å². The lowest BCUT2D eigenvalue weighted by Gasteiger charge is -2.07. The van der Waals surface area contributed by atoms with Gasteiger partial charge in [-0.3, -0.25) is 4.79 Å². The Labute approximate surface area is 93.6 Å². The molecule has 0 heterocycles. The molecule has 0 saturated heterocycles. The molecule has 0 bridgehead atoms. The molecule has 0 aliphatic heterocycles. The quantitative estimate of drug-likeness (QED) is 0.802. The highest BCUT2D eigenvalue weighted by Gasteiger charge is 2.08. The van der Waals surface area contributed by atoms with E-state index in [1.165, 1.54) is 0 Å². The van der Waals surface area contributed by atoms with Crippen molar-refractivity contribution in [2.24, 2.45) is 0 Å². The molecule has 0 fully saturated rings. The molecule has 1 N–H and O–H groups in total. The molecule has 15 heavy (non-hydrogen) atoms. The zero-order chi connectivity index (χ0) is 11.3. The van der Waals surface area contributed by atoms with Crippen LogP contribution >= 0.6 is 11.6 Å². The summed E-state index contributed by atoms with van der Waals surface area (Å²) >= 11 is 5.77. The summed E-state index contributed by atoms with van der Waals surface area (Å²) in [5, 5.41) is 9.62. The minimum absolute atomic E-state index is 0.130. The lowest BCUT2D eigenvalue weighted by molar-refractivity contribution is -0.142. The minimum Gasteiger partial charge on any atom is -0.466 e. The molecule has 0 saturated carbocycles. The maximum absolute atomic E-state index is 11.2. The lowest BCUT2D eigenvalue weighted by Crippen LogP contribution is -2.09. The van der Waals surface area contributed by atoms with E-state index in [0.29, 0.717) is 17.2 Å². The Kier molecular flexibility index (Phi) is 4.59. The van der Waals surface area contributed by atoms with E-state index in [4.69, 9.17) is 21.4 Å². The van der Waals surface area contributed by atoms with Crippen LogP contribution < -0.4 is 0 Å². The van der Waals surface area contributed by atoms with E-state index >= 15 is 0 Å². The first-order valence-electron chi connectivity index (χ1n) is 4.71. The maximum atomic E-state index is 11.2. The summed E-state index contributed by atoms with van der Waals surface area (Å²) in [5.41, 5.74) is 1.41. The number of hydrogen-bond acceptors (Lipinski definition) is 3. The SMILES string of the molecule is CCOC(=O)Cc1ccc(Cl)cc1CO. The number of aliphatic hydroxyl groups is 1. The normalized spacial score (nSPS) is 10.1. The molecular formula is C11H13ClO3. The highest BCUT2D eigenvalue weighted by atomic mass is 35.5. The summed E-state index contributed by atoms with van der Waals surface area (Å²) in [6.07, 6.45) is 0.168. The number of aliphatic hydroxyl groups excluding tert-OH is 1. The fraction of sp³-hybridized carbons (Fsp3) is 0.364. The van der Waals surface area contributed by atoms with Crippen LogP contribution in [0.3, 0.4) is 0 Å². The molecule has 0 spiro atoms. The second kappa shape index (κ2) is 5.73. The molecule has 3 nitrogen and oxygen atoms in total. The van der Waals surface area contributed by atoms with Crippen LogP contribution in [-0.2, 0) is 22.6 Å². The van der Waals surface area contributed by atoms with Gasteiger partial charge in [0.2, 0.25) is 0 Å². The molecule has 82 valence electrons. The molecule has 1 aromatic rings. The fourth-order valence-corrected chi connectivity index (χ4v) is 1.48. The molecule has 0 aliphatic carbocycles. The van der Waals surface area contributed by atoms with Gasteiger partial charge in [0.15, 0.2) is 0 Å². The number of benzene rings is 1. The van der Waals surface area contributed by atoms with Crippen LogP contribution in [0.25, 0.3) is 0 Å². The number of halogens is 1. The van der Waals surface area contributed by atoms with Crippen molar-refractivity contribution in [2.45, 2.75) is 20.0 Å². The summed E-state index contributed by atoms with van der Waals surface area (Å²) in [6, 6.07) is 5.07. The Morgan fingerprint density at radius 1 is 1.47 bits per heavy atom. The Hall–Kier alpha value is -1.06. The van der Waals surface area contributed by atoms with Gasteiger partial charge in [0, 0.05) is 5.02 Å². The molecule has 1 rings (SSSR count). The van der Waals surface area contributed by atoms with E-state index in [9.17, 15) is 4.79 Å². The third kappa shape index (κ3) is 3.53. The van der Waals surface area contributed by atoms with E-state index in [1.807, 2.05) is 0 Å². The second-order valence-electron chi connectivity index (χ2n) is 3.05. The molecule has 0 radical (unpaired) electrons. The van der Waals surface area contributed by atoms with E-state index in [0.717, 1.165) is 5.56 Å². The predicted octanol–water partition coefficient (Wildman–Crippen LogP) is 1.94. The van der Waals surface area contributed by atoms with Crippen LogP contribution in [0.1, 0.15) is 18.1 Å². The van der Waals surface area contributed by atoms with Crippen LogP contribution in [0.4, 0.5) is 0 Å². The lowest BCUT2D eigenvalue weighted by atomic mass is 10.1. The van der Waals surface area contributed by atoms with E-state index in [-0.39, 0.29) is 19.0 Å².